The smallest absolute Gasteiger partial charge is 0.220 e. The Morgan fingerprint density at radius 3 is 2.86 bits per heavy atom. The second-order valence-corrected chi connectivity index (χ2v) is 6.42. The Morgan fingerprint density at radius 1 is 1.36 bits per heavy atom. The van der Waals surface area contributed by atoms with Gasteiger partial charge in [-0.15, -0.1) is 0 Å². The maximum absolute atomic E-state index is 11.9. The zero-order valence-electron chi connectivity index (χ0n) is 13.9. The van der Waals surface area contributed by atoms with Gasteiger partial charge in [-0.25, -0.2) is 0 Å². The van der Waals surface area contributed by atoms with Crippen LogP contribution in [0.4, 0.5) is 5.69 Å². The summed E-state index contributed by atoms with van der Waals surface area (Å²) in [6.45, 7) is 3.88. The average molecular weight is 303 g/mol. The van der Waals surface area contributed by atoms with Crippen LogP contribution >= 0.6 is 0 Å². The highest BCUT2D eigenvalue weighted by atomic mass is 16.1. The lowest BCUT2D eigenvalue weighted by atomic mass is 9.93. The van der Waals surface area contributed by atoms with Gasteiger partial charge in [0.25, 0.3) is 0 Å². The van der Waals surface area contributed by atoms with Gasteiger partial charge in [-0.05, 0) is 50.9 Å². The van der Waals surface area contributed by atoms with E-state index in [0.717, 1.165) is 19.5 Å². The van der Waals surface area contributed by atoms with Gasteiger partial charge in [0.15, 0.2) is 0 Å². The average Bonchev–Trinajstić information content (AvgIpc) is 2.54. The third-order valence-corrected chi connectivity index (χ3v) is 4.47. The van der Waals surface area contributed by atoms with Crippen LogP contribution < -0.4 is 10.2 Å². The molecule has 4 heteroatoms. The molecule has 1 aromatic carbocycles. The SMILES string of the molecule is CN1CCCC(CCC(=O)NCCN(C)c2ccccc2)C1. The van der Waals surface area contributed by atoms with Crippen molar-refractivity contribution in [1.82, 2.24) is 10.2 Å². The Morgan fingerprint density at radius 2 is 2.14 bits per heavy atom. The second-order valence-electron chi connectivity index (χ2n) is 6.42. The summed E-state index contributed by atoms with van der Waals surface area (Å²) in [6.07, 6.45) is 4.22. The van der Waals surface area contributed by atoms with E-state index in [4.69, 9.17) is 0 Å². The van der Waals surface area contributed by atoms with Crippen molar-refractivity contribution in [2.45, 2.75) is 25.7 Å². The fourth-order valence-electron chi connectivity index (χ4n) is 3.11. The minimum absolute atomic E-state index is 0.190. The van der Waals surface area contributed by atoms with Crippen LogP contribution in [0, 0.1) is 5.92 Å². The molecule has 1 amide bonds. The first-order chi connectivity index (χ1) is 10.6. The second kappa shape index (κ2) is 8.79. The molecule has 1 heterocycles. The first-order valence-corrected chi connectivity index (χ1v) is 8.36. The Kier molecular flexibility index (Phi) is 6.72. The van der Waals surface area contributed by atoms with Crippen molar-refractivity contribution in [1.29, 1.82) is 0 Å². The molecule has 22 heavy (non-hydrogen) atoms. The number of carbonyl (C=O) groups excluding carboxylic acids is 1. The van der Waals surface area contributed by atoms with E-state index in [0.29, 0.717) is 18.9 Å². The highest BCUT2D eigenvalue weighted by molar-refractivity contribution is 5.75. The molecule has 1 aromatic rings. The van der Waals surface area contributed by atoms with E-state index in [1.165, 1.54) is 25.1 Å². The first-order valence-electron chi connectivity index (χ1n) is 8.36. The van der Waals surface area contributed by atoms with Crippen molar-refractivity contribution in [2.75, 3.05) is 45.2 Å². The Labute approximate surface area is 134 Å². The predicted octanol–water partition coefficient (Wildman–Crippen LogP) is 2.36. The van der Waals surface area contributed by atoms with E-state index in [2.05, 4.69) is 41.3 Å². The lowest BCUT2D eigenvalue weighted by Crippen LogP contribution is -2.35. The number of para-hydroxylation sites is 1. The third-order valence-electron chi connectivity index (χ3n) is 4.47. The molecule has 122 valence electrons. The molecule has 0 aliphatic carbocycles. The summed E-state index contributed by atoms with van der Waals surface area (Å²) in [5.41, 5.74) is 1.18. The molecule has 4 nitrogen and oxygen atoms in total. The Bertz CT molecular complexity index is 449. The molecule has 1 aliphatic heterocycles. The van der Waals surface area contributed by atoms with Gasteiger partial charge in [-0.1, -0.05) is 18.2 Å². The van der Waals surface area contributed by atoms with Gasteiger partial charge in [0.05, 0.1) is 0 Å². The van der Waals surface area contributed by atoms with Gasteiger partial charge in [0, 0.05) is 38.8 Å². The van der Waals surface area contributed by atoms with Crippen molar-refractivity contribution in [3.63, 3.8) is 0 Å². The fraction of sp³-hybridized carbons (Fsp3) is 0.611. The molecular formula is C18H29N3O. The standard InChI is InChI=1S/C18H29N3O/c1-20-13-6-7-16(15-20)10-11-18(22)19-12-14-21(2)17-8-4-3-5-9-17/h3-5,8-9,16H,6-7,10-15H2,1-2H3,(H,19,22). The van der Waals surface area contributed by atoms with Crippen molar-refractivity contribution in [2.24, 2.45) is 5.92 Å². The maximum Gasteiger partial charge on any atom is 0.220 e. The van der Waals surface area contributed by atoms with Crippen LogP contribution in [0.15, 0.2) is 30.3 Å². The molecule has 1 saturated heterocycles. The molecule has 1 fully saturated rings. The van der Waals surface area contributed by atoms with Crippen LogP contribution in [0.5, 0.6) is 0 Å². The molecule has 1 unspecified atom stereocenters. The molecule has 1 atom stereocenters. The summed E-state index contributed by atoms with van der Waals surface area (Å²) < 4.78 is 0. The number of likely N-dealkylation sites (N-methyl/N-ethyl adjacent to an activating group) is 1. The predicted molar refractivity (Wildman–Crippen MR) is 92.2 cm³/mol. The molecule has 1 aliphatic rings. The number of rotatable bonds is 7. The number of nitrogens with one attached hydrogen (secondary N) is 1. The Balaban J connectivity index is 1.59. The molecule has 0 aromatic heterocycles. The lowest BCUT2D eigenvalue weighted by Gasteiger charge is -2.29. The van der Waals surface area contributed by atoms with Crippen LogP contribution in [0.2, 0.25) is 0 Å². The van der Waals surface area contributed by atoms with Crippen molar-refractivity contribution < 1.29 is 4.79 Å². The minimum Gasteiger partial charge on any atom is -0.373 e. The van der Waals surface area contributed by atoms with Gasteiger partial charge in [0.2, 0.25) is 5.91 Å². The van der Waals surface area contributed by atoms with Crippen LogP contribution in [0.1, 0.15) is 25.7 Å². The maximum atomic E-state index is 11.9. The lowest BCUT2D eigenvalue weighted by molar-refractivity contribution is -0.121. The van der Waals surface area contributed by atoms with E-state index >= 15 is 0 Å². The summed E-state index contributed by atoms with van der Waals surface area (Å²) in [4.78, 5) is 16.5. The van der Waals surface area contributed by atoms with Crippen LogP contribution in [-0.2, 0) is 4.79 Å². The molecule has 2 rings (SSSR count). The number of piperidine rings is 1. The number of hydrogen-bond donors (Lipinski definition) is 1. The number of likely N-dealkylation sites (tertiary alicyclic amines) is 1. The van der Waals surface area contributed by atoms with Crippen LogP contribution in [0.25, 0.3) is 0 Å². The summed E-state index contributed by atoms with van der Waals surface area (Å²) in [5, 5.41) is 3.04. The van der Waals surface area contributed by atoms with E-state index in [-0.39, 0.29) is 5.91 Å². The third kappa shape index (κ3) is 5.68. The summed E-state index contributed by atoms with van der Waals surface area (Å²) in [7, 11) is 4.23. The van der Waals surface area contributed by atoms with Gasteiger partial charge in [0.1, 0.15) is 0 Å². The van der Waals surface area contributed by atoms with E-state index in [1.54, 1.807) is 0 Å². The highest BCUT2D eigenvalue weighted by Gasteiger charge is 2.17. The van der Waals surface area contributed by atoms with E-state index < -0.39 is 0 Å². The van der Waals surface area contributed by atoms with Gasteiger partial charge in [-0.3, -0.25) is 4.79 Å². The van der Waals surface area contributed by atoms with Crippen molar-refractivity contribution in [3.05, 3.63) is 30.3 Å². The molecular weight excluding hydrogens is 274 g/mol. The van der Waals surface area contributed by atoms with Gasteiger partial charge >= 0.3 is 0 Å². The Hall–Kier alpha value is -1.55. The summed E-state index contributed by atoms with van der Waals surface area (Å²) in [5.74, 6) is 0.881. The van der Waals surface area contributed by atoms with Gasteiger partial charge in [-0.2, -0.15) is 0 Å². The number of anilines is 1. The fourth-order valence-corrected chi connectivity index (χ4v) is 3.11. The molecule has 1 N–H and O–H groups in total. The first kappa shape index (κ1) is 16.8. The number of benzene rings is 1. The molecule has 0 bridgehead atoms. The van der Waals surface area contributed by atoms with E-state index in [1.807, 2.05) is 18.2 Å². The summed E-state index contributed by atoms with van der Waals surface area (Å²) >= 11 is 0. The van der Waals surface area contributed by atoms with Crippen LogP contribution in [-0.4, -0.2) is 51.1 Å². The summed E-state index contributed by atoms with van der Waals surface area (Å²) in [6, 6.07) is 10.3. The zero-order chi connectivity index (χ0) is 15.8. The molecule has 0 radical (unpaired) electrons. The number of carbonyl (C=O) groups is 1. The zero-order valence-corrected chi connectivity index (χ0v) is 13.9. The molecule has 0 spiro atoms. The van der Waals surface area contributed by atoms with Crippen molar-refractivity contribution in [3.8, 4) is 0 Å². The number of hydrogen-bond acceptors (Lipinski definition) is 3. The van der Waals surface area contributed by atoms with Crippen LogP contribution in [0.3, 0.4) is 0 Å². The number of nitrogens with zero attached hydrogens (tertiary/aromatic N) is 2. The van der Waals surface area contributed by atoms with Gasteiger partial charge < -0.3 is 15.1 Å². The van der Waals surface area contributed by atoms with E-state index in [9.17, 15) is 4.79 Å². The highest BCUT2D eigenvalue weighted by Crippen LogP contribution is 2.19. The minimum atomic E-state index is 0.190. The monoisotopic (exact) mass is 303 g/mol. The number of amides is 1. The quantitative estimate of drug-likeness (QED) is 0.840. The topological polar surface area (TPSA) is 35.6 Å². The largest absolute Gasteiger partial charge is 0.373 e. The van der Waals surface area contributed by atoms with Crippen molar-refractivity contribution >= 4 is 11.6 Å². The molecule has 0 saturated carbocycles. The normalized spacial score (nSPS) is 18.9.